The number of rotatable bonds is 4. The van der Waals surface area contributed by atoms with E-state index in [0.717, 1.165) is 35.1 Å². The van der Waals surface area contributed by atoms with Crippen LogP contribution >= 0.6 is 0 Å². The predicted octanol–water partition coefficient (Wildman–Crippen LogP) is 4.01. The zero-order valence-corrected chi connectivity index (χ0v) is 14.8. The number of benzene rings is 2. The maximum absolute atomic E-state index is 12.3. The van der Waals surface area contributed by atoms with Gasteiger partial charge in [0, 0.05) is 47.6 Å². The van der Waals surface area contributed by atoms with Crippen molar-refractivity contribution in [2.45, 2.75) is 12.8 Å². The third-order valence-electron chi connectivity index (χ3n) is 4.58. The van der Waals surface area contributed by atoms with E-state index in [-0.39, 0.29) is 11.8 Å². The SMILES string of the molecule is O=C(/C=C/c1cccc2cccnc12)Nc1cccc(N2CCCC2=O)c1. The Morgan fingerprint density at radius 3 is 2.81 bits per heavy atom. The molecule has 2 heterocycles. The summed E-state index contributed by atoms with van der Waals surface area (Å²) in [5.74, 6) is -0.102. The lowest BCUT2D eigenvalue weighted by molar-refractivity contribution is -0.117. The lowest BCUT2D eigenvalue weighted by atomic mass is 10.1. The van der Waals surface area contributed by atoms with Gasteiger partial charge in [-0.2, -0.15) is 0 Å². The first-order valence-corrected chi connectivity index (χ1v) is 8.94. The van der Waals surface area contributed by atoms with Crippen LogP contribution in [0.3, 0.4) is 0 Å². The Balaban J connectivity index is 1.49. The Labute approximate surface area is 157 Å². The number of nitrogens with one attached hydrogen (secondary N) is 1. The van der Waals surface area contributed by atoms with E-state index in [4.69, 9.17) is 0 Å². The van der Waals surface area contributed by atoms with Crippen molar-refractivity contribution >= 4 is 40.2 Å². The quantitative estimate of drug-likeness (QED) is 0.718. The smallest absolute Gasteiger partial charge is 0.248 e. The number of nitrogens with zero attached hydrogens (tertiary/aromatic N) is 2. The van der Waals surface area contributed by atoms with Crippen molar-refractivity contribution in [2.75, 3.05) is 16.8 Å². The van der Waals surface area contributed by atoms with Crippen LogP contribution in [0.15, 0.2) is 66.9 Å². The molecule has 0 atom stereocenters. The van der Waals surface area contributed by atoms with Crippen molar-refractivity contribution in [1.82, 2.24) is 4.98 Å². The molecular weight excluding hydrogens is 338 g/mol. The number of hydrogen-bond acceptors (Lipinski definition) is 3. The summed E-state index contributed by atoms with van der Waals surface area (Å²) in [6, 6.07) is 17.1. The normalized spacial score (nSPS) is 14.2. The van der Waals surface area contributed by atoms with Crippen LogP contribution in [0.4, 0.5) is 11.4 Å². The van der Waals surface area contributed by atoms with Crippen LogP contribution < -0.4 is 10.2 Å². The fraction of sp³-hybridized carbons (Fsp3) is 0.136. The first-order chi connectivity index (χ1) is 13.2. The Morgan fingerprint density at radius 2 is 1.96 bits per heavy atom. The minimum atomic E-state index is -0.229. The van der Waals surface area contributed by atoms with E-state index in [9.17, 15) is 9.59 Å². The van der Waals surface area contributed by atoms with Gasteiger partial charge in [-0.3, -0.25) is 14.6 Å². The summed E-state index contributed by atoms with van der Waals surface area (Å²) >= 11 is 0. The largest absolute Gasteiger partial charge is 0.322 e. The van der Waals surface area contributed by atoms with Crippen molar-refractivity contribution in [3.05, 3.63) is 72.4 Å². The van der Waals surface area contributed by atoms with Crippen LogP contribution in [0.5, 0.6) is 0 Å². The van der Waals surface area contributed by atoms with E-state index >= 15 is 0 Å². The molecule has 1 saturated heterocycles. The van der Waals surface area contributed by atoms with Gasteiger partial charge in [-0.05, 0) is 36.8 Å². The minimum Gasteiger partial charge on any atom is -0.322 e. The number of pyridine rings is 1. The topological polar surface area (TPSA) is 62.3 Å². The standard InChI is InChI=1S/C22H19N3O2/c26-20(12-11-17-6-1-5-16-7-3-13-23-22(16)17)24-18-8-2-9-19(15-18)25-14-4-10-21(25)27/h1-3,5-9,11-13,15H,4,10,14H2,(H,24,26)/b12-11+. The number of carbonyl (C=O) groups excluding carboxylic acids is 2. The second-order valence-electron chi connectivity index (χ2n) is 6.44. The highest BCUT2D eigenvalue weighted by atomic mass is 16.2. The molecule has 0 spiro atoms. The monoisotopic (exact) mass is 357 g/mol. The summed E-state index contributed by atoms with van der Waals surface area (Å²) in [5.41, 5.74) is 3.23. The summed E-state index contributed by atoms with van der Waals surface area (Å²) in [7, 11) is 0. The summed E-state index contributed by atoms with van der Waals surface area (Å²) in [5, 5.41) is 3.89. The highest BCUT2D eigenvalue weighted by Gasteiger charge is 2.21. The van der Waals surface area contributed by atoms with Gasteiger partial charge in [0.2, 0.25) is 11.8 Å². The zero-order valence-electron chi connectivity index (χ0n) is 14.8. The van der Waals surface area contributed by atoms with Gasteiger partial charge in [0.15, 0.2) is 0 Å². The Kier molecular flexibility index (Phi) is 4.66. The third kappa shape index (κ3) is 3.72. The molecule has 2 amide bonds. The van der Waals surface area contributed by atoms with Gasteiger partial charge in [0.05, 0.1) is 5.52 Å². The molecule has 0 saturated carbocycles. The number of carbonyl (C=O) groups is 2. The van der Waals surface area contributed by atoms with Gasteiger partial charge in [-0.25, -0.2) is 0 Å². The van der Waals surface area contributed by atoms with Gasteiger partial charge in [-0.1, -0.05) is 30.3 Å². The predicted molar refractivity (Wildman–Crippen MR) is 107 cm³/mol. The Hall–Kier alpha value is -3.47. The molecule has 27 heavy (non-hydrogen) atoms. The van der Waals surface area contributed by atoms with Crippen LogP contribution in [0.1, 0.15) is 18.4 Å². The van der Waals surface area contributed by atoms with Crippen molar-refractivity contribution in [3.63, 3.8) is 0 Å². The molecule has 3 aromatic rings. The van der Waals surface area contributed by atoms with E-state index in [1.807, 2.05) is 54.6 Å². The fourth-order valence-electron chi connectivity index (χ4n) is 3.28. The van der Waals surface area contributed by atoms with Crippen molar-refractivity contribution in [2.24, 2.45) is 0 Å². The number of hydrogen-bond donors (Lipinski definition) is 1. The second kappa shape index (κ2) is 7.41. The van der Waals surface area contributed by atoms with E-state index in [1.54, 1.807) is 17.2 Å². The highest BCUT2D eigenvalue weighted by Crippen LogP contribution is 2.24. The molecule has 5 heteroatoms. The molecule has 1 N–H and O–H groups in total. The molecule has 0 bridgehead atoms. The molecule has 0 radical (unpaired) electrons. The number of aromatic nitrogens is 1. The average Bonchev–Trinajstić information content (AvgIpc) is 3.12. The average molecular weight is 357 g/mol. The third-order valence-corrected chi connectivity index (χ3v) is 4.58. The van der Waals surface area contributed by atoms with Crippen LogP contribution in [0, 0.1) is 0 Å². The lowest BCUT2D eigenvalue weighted by Gasteiger charge is -2.16. The summed E-state index contributed by atoms with van der Waals surface area (Å²) in [6.45, 7) is 0.726. The van der Waals surface area contributed by atoms with Crippen LogP contribution in [0.25, 0.3) is 17.0 Å². The van der Waals surface area contributed by atoms with Gasteiger partial charge in [-0.15, -0.1) is 0 Å². The summed E-state index contributed by atoms with van der Waals surface area (Å²) in [4.78, 5) is 30.4. The van der Waals surface area contributed by atoms with E-state index in [0.29, 0.717) is 12.1 Å². The maximum atomic E-state index is 12.3. The minimum absolute atomic E-state index is 0.127. The van der Waals surface area contributed by atoms with Gasteiger partial charge >= 0.3 is 0 Å². The number of anilines is 2. The Bertz CT molecular complexity index is 1040. The first kappa shape index (κ1) is 17.0. The highest BCUT2D eigenvalue weighted by molar-refractivity contribution is 6.04. The van der Waals surface area contributed by atoms with Gasteiger partial charge in [0.25, 0.3) is 0 Å². The molecule has 0 aliphatic carbocycles. The molecule has 1 aliphatic heterocycles. The van der Waals surface area contributed by atoms with E-state index < -0.39 is 0 Å². The molecule has 2 aromatic carbocycles. The molecule has 4 rings (SSSR count). The van der Waals surface area contributed by atoms with E-state index in [1.165, 1.54) is 6.08 Å². The zero-order chi connectivity index (χ0) is 18.6. The second-order valence-corrected chi connectivity index (χ2v) is 6.44. The van der Waals surface area contributed by atoms with Crippen molar-refractivity contribution < 1.29 is 9.59 Å². The lowest BCUT2D eigenvalue weighted by Crippen LogP contribution is -2.23. The first-order valence-electron chi connectivity index (χ1n) is 8.94. The van der Waals surface area contributed by atoms with Crippen LogP contribution in [0.2, 0.25) is 0 Å². The molecular formula is C22H19N3O2. The van der Waals surface area contributed by atoms with Gasteiger partial charge < -0.3 is 10.2 Å². The molecule has 1 aromatic heterocycles. The van der Waals surface area contributed by atoms with Gasteiger partial charge in [0.1, 0.15) is 0 Å². The summed E-state index contributed by atoms with van der Waals surface area (Å²) in [6.07, 6.45) is 6.45. The molecule has 1 fully saturated rings. The summed E-state index contributed by atoms with van der Waals surface area (Å²) < 4.78 is 0. The number of fused-ring (bicyclic) bond motifs is 1. The molecule has 5 nitrogen and oxygen atoms in total. The molecule has 1 aliphatic rings. The number of amides is 2. The Morgan fingerprint density at radius 1 is 1.11 bits per heavy atom. The van der Waals surface area contributed by atoms with E-state index in [2.05, 4.69) is 10.3 Å². The maximum Gasteiger partial charge on any atom is 0.248 e. The fourth-order valence-corrected chi connectivity index (χ4v) is 3.28. The van der Waals surface area contributed by atoms with Crippen LogP contribution in [-0.4, -0.2) is 23.3 Å². The van der Waals surface area contributed by atoms with Crippen molar-refractivity contribution in [3.8, 4) is 0 Å². The molecule has 134 valence electrons. The molecule has 0 unspecified atom stereocenters. The van der Waals surface area contributed by atoms with Crippen molar-refractivity contribution in [1.29, 1.82) is 0 Å². The van der Waals surface area contributed by atoms with Crippen LogP contribution in [-0.2, 0) is 9.59 Å². The number of para-hydroxylation sites is 1.